The maximum atomic E-state index is 13.1. The van der Waals surface area contributed by atoms with E-state index < -0.39 is 97.5 Å². The molecule has 0 amide bonds. The maximum Gasteiger partial charge on any atom is 0.472 e. The molecule has 3 N–H and O–H groups in total. The molecule has 0 heterocycles. The van der Waals surface area contributed by atoms with Crippen molar-refractivity contribution in [2.75, 3.05) is 39.6 Å². The molecule has 0 aromatic carbocycles. The molecule has 0 radical (unpaired) electrons. The van der Waals surface area contributed by atoms with Crippen LogP contribution in [0.15, 0.2) is 24.3 Å². The molecule has 3 unspecified atom stereocenters. The van der Waals surface area contributed by atoms with Gasteiger partial charge in [0, 0.05) is 25.7 Å². The van der Waals surface area contributed by atoms with Gasteiger partial charge in [-0.2, -0.15) is 0 Å². The van der Waals surface area contributed by atoms with E-state index >= 15 is 0 Å². The lowest BCUT2D eigenvalue weighted by Gasteiger charge is -2.21. The van der Waals surface area contributed by atoms with E-state index in [0.29, 0.717) is 25.7 Å². The highest BCUT2D eigenvalue weighted by molar-refractivity contribution is 7.47. The number of hydrogen-bond donors (Lipinski definition) is 3. The van der Waals surface area contributed by atoms with Gasteiger partial charge in [0.1, 0.15) is 19.3 Å². The zero-order chi connectivity index (χ0) is 74.2. The third-order valence-corrected chi connectivity index (χ3v) is 20.8. The summed E-state index contributed by atoms with van der Waals surface area (Å²) in [6.07, 6.45) is 66.1. The van der Waals surface area contributed by atoms with Gasteiger partial charge in [0.15, 0.2) is 12.2 Å². The van der Waals surface area contributed by atoms with Crippen LogP contribution in [0.1, 0.15) is 408 Å². The van der Waals surface area contributed by atoms with Gasteiger partial charge in [-0.15, -0.1) is 0 Å². The highest BCUT2D eigenvalue weighted by Crippen LogP contribution is 2.45. The number of ether oxygens (including phenoxy) is 4. The first-order chi connectivity index (χ1) is 48.9. The van der Waals surface area contributed by atoms with Crippen molar-refractivity contribution in [3.05, 3.63) is 24.3 Å². The third-order valence-electron chi connectivity index (χ3n) is 18.9. The fraction of sp³-hybridized carbons (Fsp3) is 0.902. The second-order valence-corrected chi connectivity index (χ2v) is 32.5. The maximum absolute atomic E-state index is 13.1. The number of aliphatic hydroxyl groups excluding tert-OH is 1. The van der Waals surface area contributed by atoms with Crippen LogP contribution in [0, 0.1) is 11.8 Å². The normalized spacial score (nSPS) is 14.3. The van der Waals surface area contributed by atoms with Gasteiger partial charge < -0.3 is 33.8 Å². The van der Waals surface area contributed by atoms with Gasteiger partial charge in [0.25, 0.3) is 0 Å². The first kappa shape index (κ1) is 98.5. The third kappa shape index (κ3) is 74.2. The number of carbonyl (C=O) groups is 4. The number of unbranched alkanes of at least 4 members (excludes halogenated alkanes) is 45. The molecule has 17 nitrogen and oxygen atoms in total. The summed E-state index contributed by atoms with van der Waals surface area (Å²) in [5, 5.41) is 10.6. The van der Waals surface area contributed by atoms with Crippen LogP contribution < -0.4 is 0 Å². The zero-order valence-corrected chi connectivity index (χ0v) is 67.5. The fourth-order valence-corrected chi connectivity index (χ4v) is 13.7. The SMILES string of the molecule is CCCCCC/C=C\C=C/CCCCCCCC(=O)O[C@H](COC(=O)CCCCCCCCC(C)CC)COP(=O)(O)OC[C@H](O)COP(=O)(O)OC[C@@H](COC(=O)CCCCCCCCCCCCCCCC(C)C)OC(=O)CCCCCCCCCCCCCCCCCCCCCC. The minimum Gasteiger partial charge on any atom is -0.462 e. The number of phosphoric acid groups is 2. The molecule has 0 fully saturated rings. The van der Waals surface area contributed by atoms with E-state index in [9.17, 15) is 43.2 Å². The monoisotopic (exact) mass is 1480 g/mol. The molecule has 0 saturated carbocycles. The highest BCUT2D eigenvalue weighted by atomic mass is 31.2. The number of allylic oxidation sites excluding steroid dienone is 4. The van der Waals surface area contributed by atoms with Crippen LogP contribution in [0.25, 0.3) is 0 Å². The molecule has 0 spiro atoms. The summed E-state index contributed by atoms with van der Waals surface area (Å²) in [6, 6.07) is 0. The molecule has 0 aliphatic heterocycles. The standard InChI is InChI=1S/C82H156O17P2/c1-7-10-12-14-16-18-20-22-24-25-26-27-28-30-34-39-43-47-55-61-66-81(86)98-77(70-92-79(84)64-58-52-45-41-37-35-31-32-36-40-44-50-56-62-74(4)5)72-96-100(88,89)94-68-76(83)69-95-101(90,91)97-73-78(71-93-80(85)65-59-53-49-48-51-57-63-75(6)9-3)99-82(87)67-60-54-46-42-38-33-29-23-21-19-17-15-13-11-8-2/h19,21,23,29,74-78,83H,7-18,20,22,24-28,30-73H2,1-6H3,(H,88,89)(H,90,91)/b21-19-,29-23-/t75?,76-,77-,78-/m1/s1. The van der Waals surface area contributed by atoms with Gasteiger partial charge in [-0.05, 0) is 63.2 Å². The minimum absolute atomic E-state index is 0.0843. The van der Waals surface area contributed by atoms with Crippen molar-refractivity contribution in [3.63, 3.8) is 0 Å². The topological polar surface area (TPSA) is 237 Å². The van der Waals surface area contributed by atoms with Crippen molar-refractivity contribution in [1.29, 1.82) is 0 Å². The van der Waals surface area contributed by atoms with E-state index in [4.69, 9.17) is 37.0 Å². The lowest BCUT2D eigenvalue weighted by Crippen LogP contribution is -2.30. The predicted molar refractivity (Wildman–Crippen MR) is 414 cm³/mol. The van der Waals surface area contributed by atoms with Crippen LogP contribution in [0.2, 0.25) is 0 Å². The van der Waals surface area contributed by atoms with Crippen LogP contribution in [-0.2, 0) is 65.4 Å². The summed E-state index contributed by atoms with van der Waals surface area (Å²) in [7, 11) is -9.93. The molecule has 0 aliphatic carbocycles. The van der Waals surface area contributed by atoms with Crippen molar-refractivity contribution in [2.24, 2.45) is 11.8 Å². The van der Waals surface area contributed by atoms with Gasteiger partial charge in [-0.25, -0.2) is 9.13 Å². The van der Waals surface area contributed by atoms with Crippen molar-refractivity contribution in [3.8, 4) is 0 Å². The summed E-state index contributed by atoms with van der Waals surface area (Å²) in [4.78, 5) is 73.0. The van der Waals surface area contributed by atoms with Crippen molar-refractivity contribution in [1.82, 2.24) is 0 Å². The number of phosphoric ester groups is 2. The van der Waals surface area contributed by atoms with E-state index in [1.54, 1.807) is 0 Å². The summed E-state index contributed by atoms with van der Waals surface area (Å²) >= 11 is 0. The summed E-state index contributed by atoms with van der Waals surface area (Å²) in [5.41, 5.74) is 0. The Hall–Kier alpha value is -2.46. The molecular weight excluding hydrogens is 1320 g/mol. The second kappa shape index (κ2) is 73.1. The Labute approximate surface area is 618 Å². The molecule has 0 bridgehead atoms. The van der Waals surface area contributed by atoms with Crippen LogP contribution >= 0.6 is 15.6 Å². The molecule has 0 aliphatic rings. The lowest BCUT2D eigenvalue weighted by atomic mass is 10.00. The first-order valence-corrected chi connectivity index (χ1v) is 44.8. The number of carbonyl (C=O) groups excluding carboxylic acids is 4. The zero-order valence-electron chi connectivity index (χ0n) is 65.7. The summed E-state index contributed by atoms with van der Waals surface area (Å²) in [6.45, 7) is 9.55. The van der Waals surface area contributed by atoms with Crippen molar-refractivity contribution < 1.29 is 80.2 Å². The Morgan fingerprint density at radius 3 is 0.891 bits per heavy atom. The molecule has 0 rings (SSSR count). The van der Waals surface area contributed by atoms with E-state index in [1.165, 1.54) is 205 Å². The Morgan fingerprint density at radius 2 is 0.584 bits per heavy atom. The predicted octanol–water partition coefficient (Wildman–Crippen LogP) is 24.2. The van der Waals surface area contributed by atoms with E-state index in [0.717, 1.165) is 121 Å². The number of esters is 4. The van der Waals surface area contributed by atoms with Crippen LogP contribution in [0.4, 0.5) is 0 Å². The van der Waals surface area contributed by atoms with Gasteiger partial charge in [-0.1, -0.05) is 355 Å². The van der Waals surface area contributed by atoms with Crippen molar-refractivity contribution >= 4 is 39.5 Å². The van der Waals surface area contributed by atoms with Gasteiger partial charge in [0.05, 0.1) is 26.4 Å². The minimum atomic E-state index is -4.97. The van der Waals surface area contributed by atoms with E-state index in [2.05, 4.69) is 65.8 Å². The quantitative estimate of drug-likeness (QED) is 0.0169. The second-order valence-electron chi connectivity index (χ2n) is 29.5. The summed E-state index contributed by atoms with van der Waals surface area (Å²) < 4.78 is 68.7. The molecule has 0 saturated heterocycles. The average molecular weight is 1480 g/mol. The average Bonchev–Trinajstić information content (AvgIpc) is 0.997. The Kier molecular flexibility index (Phi) is 71.3. The molecule has 101 heavy (non-hydrogen) atoms. The van der Waals surface area contributed by atoms with Crippen LogP contribution in [0.5, 0.6) is 0 Å². The fourth-order valence-electron chi connectivity index (χ4n) is 12.1. The lowest BCUT2D eigenvalue weighted by molar-refractivity contribution is -0.161. The van der Waals surface area contributed by atoms with Gasteiger partial charge >= 0.3 is 39.5 Å². The van der Waals surface area contributed by atoms with Crippen LogP contribution in [-0.4, -0.2) is 96.7 Å². The number of hydrogen-bond acceptors (Lipinski definition) is 15. The highest BCUT2D eigenvalue weighted by Gasteiger charge is 2.30. The largest absolute Gasteiger partial charge is 0.472 e. The molecule has 6 atom stereocenters. The smallest absolute Gasteiger partial charge is 0.462 e. The Bertz CT molecular complexity index is 2040. The molecule has 19 heteroatoms. The van der Waals surface area contributed by atoms with Gasteiger partial charge in [0.2, 0.25) is 0 Å². The van der Waals surface area contributed by atoms with Crippen LogP contribution in [0.3, 0.4) is 0 Å². The molecule has 0 aromatic heterocycles. The molecule has 0 aromatic rings. The number of rotatable bonds is 79. The van der Waals surface area contributed by atoms with E-state index in [-0.39, 0.29) is 25.7 Å². The van der Waals surface area contributed by atoms with Gasteiger partial charge in [-0.3, -0.25) is 37.3 Å². The number of aliphatic hydroxyl groups is 1. The Balaban J connectivity index is 5.27. The first-order valence-electron chi connectivity index (χ1n) is 41.8. The molecule has 596 valence electrons. The van der Waals surface area contributed by atoms with E-state index in [1.807, 2.05) is 0 Å². The Morgan fingerprint density at radius 1 is 0.327 bits per heavy atom. The summed E-state index contributed by atoms with van der Waals surface area (Å²) in [5.74, 6) is -0.623. The van der Waals surface area contributed by atoms with Crippen molar-refractivity contribution in [2.45, 2.75) is 426 Å². The molecular formula is C82H156O17P2.